The lowest BCUT2D eigenvalue weighted by atomic mass is 10.2. The van der Waals surface area contributed by atoms with Crippen molar-refractivity contribution in [2.75, 3.05) is 38.5 Å². The average Bonchev–Trinajstić information content (AvgIpc) is 2.37. The summed E-state index contributed by atoms with van der Waals surface area (Å²) in [5, 5.41) is 0. The summed E-state index contributed by atoms with van der Waals surface area (Å²) in [7, 11) is -3.31. The van der Waals surface area contributed by atoms with Gasteiger partial charge in [0.05, 0.1) is 18.5 Å². The summed E-state index contributed by atoms with van der Waals surface area (Å²) in [6.07, 6.45) is 0.322. The van der Waals surface area contributed by atoms with Crippen molar-refractivity contribution in [1.29, 1.82) is 0 Å². The molecule has 9 heteroatoms. The molecule has 0 saturated carbocycles. The zero-order chi connectivity index (χ0) is 16.0. The number of piperazine rings is 1. The van der Waals surface area contributed by atoms with Crippen molar-refractivity contribution in [3.63, 3.8) is 0 Å². The molecule has 0 radical (unpaired) electrons. The number of carbonyl (C=O) groups excluding carboxylic acids is 1. The van der Waals surface area contributed by atoms with Crippen LogP contribution < -0.4 is 5.73 Å². The van der Waals surface area contributed by atoms with Gasteiger partial charge in [-0.25, -0.2) is 8.42 Å². The maximum absolute atomic E-state index is 12.1. The second kappa shape index (κ2) is 9.67. The number of halogens is 1. The molecular weight excluding hydrogens is 330 g/mol. The van der Waals surface area contributed by atoms with Gasteiger partial charge in [0.25, 0.3) is 0 Å². The third-order valence-electron chi connectivity index (χ3n) is 3.27. The number of nitrogens with two attached hydrogens (primary N) is 1. The monoisotopic (exact) mass is 357 g/mol. The van der Waals surface area contributed by atoms with Crippen LogP contribution in [0.1, 0.15) is 27.2 Å². The Morgan fingerprint density at radius 1 is 1.18 bits per heavy atom. The molecule has 1 fully saturated rings. The second-order valence-electron chi connectivity index (χ2n) is 5.70. The molecule has 0 aromatic rings. The first-order valence-corrected chi connectivity index (χ1v) is 8.96. The summed E-state index contributed by atoms with van der Waals surface area (Å²) in [5.41, 5.74) is 5.61. The van der Waals surface area contributed by atoms with E-state index in [0.29, 0.717) is 32.6 Å². The maximum Gasteiger partial charge on any atom is 0.224 e. The van der Waals surface area contributed by atoms with E-state index in [4.69, 9.17) is 10.5 Å². The largest absolute Gasteiger partial charge is 0.378 e. The van der Waals surface area contributed by atoms with Crippen molar-refractivity contribution >= 4 is 28.3 Å². The van der Waals surface area contributed by atoms with Crippen LogP contribution in [0.15, 0.2) is 0 Å². The number of rotatable bonds is 7. The van der Waals surface area contributed by atoms with Gasteiger partial charge < -0.3 is 15.4 Å². The van der Waals surface area contributed by atoms with Crippen LogP contribution in [-0.4, -0.2) is 74.2 Å². The van der Waals surface area contributed by atoms with E-state index in [0.717, 1.165) is 0 Å². The van der Waals surface area contributed by atoms with Crippen LogP contribution in [0.5, 0.6) is 0 Å². The molecule has 1 unspecified atom stereocenters. The van der Waals surface area contributed by atoms with Gasteiger partial charge in [-0.05, 0) is 20.8 Å². The Kier molecular flexibility index (Phi) is 9.49. The lowest BCUT2D eigenvalue weighted by molar-refractivity contribution is -0.132. The Morgan fingerprint density at radius 3 is 2.18 bits per heavy atom. The van der Waals surface area contributed by atoms with Gasteiger partial charge in [-0.1, -0.05) is 0 Å². The average molecular weight is 358 g/mol. The highest BCUT2D eigenvalue weighted by Crippen LogP contribution is 2.10. The van der Waals surface area contributed by atoms with Crippen LogP contribution in [0.2, 0.25) is 0 Å². The van der Waals surface area contributed by atoms with E-state index in [9.17, 15) is 13.2 Å². The second-order valence-corrected chi connectivity index (χ2v) is 7.79. The Hall–Kier alpha value is -0.410. The molecule has 0 aliphatic carbocycles. The number of sulfonamides is 1. The minimum Gasteiger partial charge on any atom is -0.378 e. The minimum absolute atomic E-state index is 0. The normalized spacial score (nSPS) is 18.1. The Bertz CT molecular complexity index is 435. The molecule has 1 rings (SSSR count). The molecule has 1 heterocycles. The topological polar surface area (TPSA) is 92.9 Å². The first-order chi connectivity index (χ1) is 9.72. The van der Waals surface area contributed by atoms with Crippen molar-refractivity contribution in [2.45, 2.75) is 39.3 Å². The highest BCUT2D eigenvalue weighted by molar-refractivity contribution is 7.89. The van der Waals surface area contributed by atoms with Gasteiger partial charge in [0, 0.05) is 38.6 Å². The first kappa shape index (κ1) is 21.6. The molecule has 0 spiro atoms. The molecule has 7 nitrogen and oxygen atoms in total. The van der Waals surface area contributed by atoms with E-state index in [2.05, 4.69) is 0 Å². The van der Waals surface area contributed by atoms with Crippen LogP contribution in [0.3, 0.4) is 0 Å². The summed E-state index contributed by atoms with van der Waals surface area (Å²) in [6, 6.07) is -0.174. The molecule has 0 aromatic carbocycles. The lowest BCUT2D eigenvalue weighted by Gasteiger charge is -2.34. The third kappa shape index (κ3) is 7.23. The number of hydrogen-bond acceptors (Lipinski definition) is 5. The van der Waals surface area contributed by atoms with E-state index >= 15 is 0 Å². The maximum atomic E-state index is 12.1. The van der Waals surface area contributed by atoms with Gasteiger partial charge in [0.2, 0.25) is 15.9 Å². The Balaban J connectivity index is 0.00000441. The van der Waals surface area contributed by atoms with Crippen molar-refractivity contribution in [3.8, 4) is 0 Å². The molecule has 1 atom stereocenters. The van der Waals surface area contributed by atoms with Gasteiger partial charge in [-0.2, -0.15) is 4.31 Å². The van der Waals surface area contributed by atoms with Gasteiger partial charge in [-0.15, -0.1) is 12.4 Å². The zero-order valence-electron chi connectivity index (χ0n) is 13.5. The number of carbonyl (C=O) groups is 1. The molecular formula is C13H28ClN3O4S. The summed E-state index contributed by atoms with van der Waals surface area (Å²) in [4.78, 5) is 13.6. The number of amides is 1. The molecule has 1 aliphatic heterocycles. The van der Waals surface area contributed by atoms with Crippen LogP contribution >= 0.6 is 12.4 Å². The molecule has 0 aromatic heterocycles. The fraction of sp³-hybridized carbons (Fsp3) is 0.923. The Labute approximate surface area is 139 Å². The van der Waals surface area contributed by atoms with E-state index in [1.807, 2.05) is 13.8 Å². The van der Waals surface area contributed by atoms with Gasteiger partial charge >= 0.3 is 0 Å². The smallest absolute Gasteiger partial charge is 0.224 e. The van der Waals surface area contributed by atoms with Crippen molar-refractivity contribution in [2.24, 2.45) is 5.73 Å². The number of nitrogens with zero attached hydrogens (tertiary/aromatic N) is 2. The standard InChI is InChI=1S/C13H27N3O4S.ClH/c1-11(2)20-8-9-21(18,19)16-6-4-15(5-7-16)13(17)10-12(3)14;/h11-12H,4-10,14H2,1-3H3;1H. The van der Waals surface area contributed by atoms with E-state index in [1.165, 1.54) is 4.31 Å². The SMILES string of the molecule is CC(N)CC(=O)N1CCN(S(=O)(=O)CCOC(C)C)CC1.Cl. The van der Waals surface area contributed by atoms with E-state index in [1.54, 1.807) is 11.8 Å². The van der Waals surface area contributed by atoms with Gasteiger partial charge in [0.15, 0.2) is 0 Å². The molecule has 132 valence electrons. The van der Waals surface area contributed by atoms with Gasteiger partial charge in [0.1, 0.15) is 0 Å². The van der Waals surface area contributed by atoms with Crippen LogP contribution in [0.4, 0.5) is 0 Å². The van der Waals surface area contributed by atoms with Gasteiger partial charge in [-0.3, -0.25) is 4.79 Å². The first-order valence-electron chi connectivity index (χ1n) is 7.35. The molecule has 2 N–H and O–H groups in total. The van der Waals surface area contributed by atoms with E-state index in [-0.39, 0.29) is 42.8 Å². The summed E-state index contributed by atoms with van der Waals surface area (Å²) in [5.74, 6) is -0.0240. The van der Waals surface area contributed by atoms with Crippen LogP contribution in [0, 0.1) is 0 Å². The highest BCUT2D eigenvalue weighted by Gasteiger charge is 2.28. The fourth-order valence-electron chi connectivity index (χ4n) is 2.14. The number of hydrogen-bond donors (Lipinski definition) is 1. The summed E-state index contributed by atoms with van der Waals surface area (Å²) >= 11 is 0. The third-order valence-corrected chi connectivity index (χ3v) is 5.11. The highest BCUT2D eigenvalue weighted by atomic mass is 35.5. The van der Waals surface area contributed by atoms with E-state index < -0.39 is 10.0 Å². The predicted octanol–water partition coefficient (Wildman–Crippen LogP) is 0.0445. The lowest BCUT2D eigenvalue weighted by Crippen LogP contribution is -2.51. The van der Waals surface area contributed by atoms with Crippen molar-refractivity contribution in [3.05, 3.63) is 0 Å². The van der Waals surface area contributed by atoms with Crippen LogP contribution in [0.25, 0.3) is 0 Å². The quantitative estimate of drug-likeness (QED) is 0.694. The zero-order valence-corrected chi connectivity index (χ0v) is 15.2. The summed E-state index contributed by atoms with van der Waals surface area (Å²) < 4.78 is 31.0. The molecule has 1 saturated heterocycles. The molecule has 1 amide bonds. The molecule has 0 bridgehead atoms. The molecule has 1 aliphatic rings. The van der Waals surface area contributed by atoms with Crippen LogP contribution in [-0.2, 0) is 19.6 Å². The summed E-state index contributed by atoms with van der Waals surface area (Å²) in [6.45, 7) is 7.26. The fourth-order valence-corrected chi connectivity index (χ4v) is 3.42. The minimum atomic E-state index is -3.31. The number of ether oxygens (including phenoxy) is 1. The molecule has 22 heavy (non-hydrogen) atoms. The van der Waals surface area contributed by atoms with Crippen molar-refractivity contribution < 1.29 is 17.9 Å². The predicted molar refractivity (Wildman–Crippen MR) is 88.5 cm³/mol. The van der Waals surface area contributed by atoms with Crippen molar-refractivity contribution in [1.82, 2.24) is 9.21 Å². The Morgan fingerprint density at radius 2 is 1.73 bits per heavy atom.